The Balaban J connectivity index is 1.51. The Bertz CT molecular complexity index is 1290. The van der Waals surface area contributed by atoms with Crippen LogP contribution in [0, 0.1) is 19.7 Å². The molecule has 0 atom stereocenters. The predicted molar refractivity (Wildman–Crippen MR) is 126 cm³/mol. The average molecular weight is 453 g/mol. The molecule has 0 aliphatic rings. The SMILES string of the molecule is CCCn1cc(-c2cc(NCCc3c(C)sc4c(C)cc(F)cc34)ncn2)cc1C(=O)O. The Morgan fingerprint density at radius 1 is 1.22 bits per heavy atom. The summed E-state index contributed by atoms with van der Waals surface area (Å²) in [5, 5.41) is 13.8. The molecule has 1 aromatic carbocycles. The number of aromatic carboxylic acids is 1. The highest BCUT2D eigenvalue weighted by Gasteiger charge is 2.15. The highest BCUT2D eigenvalue weighted by atomic mass is 32.1. The summed E-state index contributed by atoms with van der Waals surface area (Å²) in [5.41, 5.74) is 3.76. The van der Waals surface area contributed by atoms with Crippen LogP contribution in [0.15, 0.2) is 36.8 Å². The topological polar surface area (TPSA) is 80.0 Å². The van der Waals surface area contributed by atoms with Crippen LogP contribution in [0.25, 0.3) is 21.3 Å². The Kier molecular flexibility index (Phi) is 6.23. The normalized spacial score (nSPS) is 11.2. The number of carboxylic acids is 1. The fourth-order valence-corrected chi connectivity index (χ4v) is 5.14. The number of carbonyl (C=O) groups is 1. The standard InChI is InChI=1S/C24H25FN4O2S/c1-4-7-29-12-16(9-21(29)24(30)31)20-11-22(28-13-27-20)26-6-5-18-15(3)32-23-14(2)8-17(25)10-19(18)23/h8-13H,4-7H2,1-3H3,(H,30,31)(H,26,27,28). The van der Waals surface area contributed by atoms with E-state index in [9.17, 15) is 14.3 Å². The Labute approximate surface area is 189 Å². The zero-order chi connectivity index (χ0) is 22.8. The highest BCUT2D eigenvalue weighted by Crippen LogP contribution is 2.34. The number of carboxylic acid groups (broad SMARTS) is 1. The van der Waals surface area contributed by atoms with Crippen LogP contribution >= 0.6 is 11.3 Å². The monoisotopic (exact) mass is 452 g/mol. The number of aryl methyl sites for hydroxylation is 3. The zero-order valence-corrected chi connectivity index (χ0v) is 19.1. The maximum atomic E-state index is 13.9. The fourth-order valence-electron chi connectivity index (χ4n) is 3.99. The van der Waals surface area contributed by atoms with Crippen LogP contribution in [-0.2, 0) is 13.0 Å². The maximum absolute atomic E-state index is 13.9. The summed E-state index contributed by atoms with van der Waals surface area (Å²) < 4.78 is 16.8. The largest absolute Gasteiger partial charge is 0.477 e. The lowest BCUT2D eigenvalue weighted by Crippen LogP contribution is -2.07. The number of nitrogens with zero attached hydrogens (tertiary/aromatic N) is 3. The lowest BCUT2D eigenvalue weighted by molar-refractivity contribution is 0.0685. The summed E-state index contributed by atoms with van der Waals surface area (Å²) in [6, 6.07) is 6.65. The smallest absolute Gasteiger partial charge is 0.352 e. The fraction of sp³-hybridized carbons (Fsp3) is 0.292. The molecule has 0 aliphatic heterocycles. The van der Waals surface area contributed by atoms with Crippen molar-refractivity contribution in [1.82, 2.24) is 14.5 Å². The molecule has 0 bridgehead atoms. The first-order chi connectivity index (χ1) is 15.4. The van der Waals surface area contributed by atoms with Crippen LogP contribution in [0.4, 0.5) is 10.2 Å². The molecule has 0 amide bonds. The minimum atomic E-state index is -0.956. The van der Waals surface area contributed by atoms with Crippen molar-refractivity contribution in [1.29, 1.82) is 0 Å². The predicted octanol–water partition coefficient (Wildman–Crippen LogP) is 5.68. The number of thiophene rings is 1. The van der Waals surface area contributed by atoms with E-state index in [1.807, 2.05) is 26.1 Å². The van der Waals surface area contributed by atoms with E-state index in [0.29, 0.717) is 24.6 Å². The number of rotatable bonds is 8. The molecular formula is C24H25FN4O2S. The molecule has 4 aromatic rings. The molecule has 0 radical (unpaired) electrons. The zero-order valence-electron chi connectivity index (χ0n) is 18.3. The number of hydrogen-bond acceptors (Lipinski definition) is 5. The van der Waals surface area contributed by atoms with Gasteiger partial charge in [0.2, 0.25) is 0 Å². The number of fused-ring (bicyclic) bond motifs is 1. The summed E-state index contributed by atoms with van der Waals surface area (Å²) >= 11 is 1.70. The van der Waals surface area contributed by atoms with E-state index in [0.717, 1.165) is 39.6 Å². The Hall–Kier alpha value is -3.26. The van der Waals surface area contributed by atoms with Gasteiger partial charge in [-0.1, -0.05) is 6.92 Å². The average Bonchev–Trinajstić information content (AvgIpc) is 3.31. The molecule has 0 saturated heterocycles. The minimum Gasteiger partial charge on any atom is -0.477 e. The third-order valence-electron chi connectivity index (χ3n) is 5.47. The molecule has 32 heavy (non-hydrogen) atoms. The summed E-state index contributed by atoms with van der Waals surface area (Å²) in [4.78, 5) is 21.3. The van der Waals surface area contributed by atoms with E-state index in [4.69, 9.17) is 0 Å². The molecule has 8 heteroatoms. The number of hydrogen-bond donors (Lipinski definition) is 2. The van der Waals surface area contributed by atoms with Gasteiger partial charge in [-0.05, 0) is 61.4 Å². The molecule has 3 aromatic heterocycles. The van der Waals surface area contributed by atoms with Crippen molar-refractivity contribution < 1.29 is 14.3 Å². The van der Waals surface area contributed by atoms with Gasteiger partial charge in [0, 0.05) is 40.5 Å². The molecule has 4 rings (SSSR count). The van der Waals surface area contributed by atoms with Gasteiger partial charge in [0.25, 0.3) is 0 Å². The molecule has 166 valence electrons. The van der Waals surface area contributed by atoms with E-state index in [1.54, 1.807) is 34.1 Å². The van der Waals surface area contributed by atoms with Gasteiger partial charge < -0.3 is 15.0 Å². The number of nitrogens with one attached hydrogen (secondary N) is 1. The third kappa shape index (κ3) is 4.36. The first-order valence-electron chi connectivity index (χ1n) is 10.5. The molecule has 0 fully saturated rings. The van der Waals surface area contributed by atoms with E-state index in [1.165, 1.54) is 11.2 Å². The Morgan fingerprint density at radius 3 is 2.78 bits per heavy atom. The van der Waals surface area contributed by atoms with Crippen LogP contribution in [0.3, 0.4) is 0 Å². The molecule has 6 nitrogen and oxygen atoms in total. The van der Waals surface area contributed by atoms with Gasteiger partial charge in [0.1, 0.15) is 23.7 Å². The number of aromatic nitrogens is 3. The van der Waals surface area contributed by atoms with Crippen LogP contribution in [0.2, 0.25) is 0 Å². The van der Waals surface area contributed by atoms with E-state index >= 15 is 0 Å². The first kappa shape index (κ1) is 22.0. The second-order valence-electron chi connectivity index (χ2n) is 7.81. The maximum Gasteiger partial charge on any atom is 0.352 e. The highest BCUT2D eigenvalue weighted by molar-refractivity contribution is 7.19. The van der Waals surface area contributed by atoms with Crippen molar-refractivity contribution in [2.75, 3.05) is 11.9 Å². The summed E-state index contributed by atoms with van der Waals surface area (Å²) in [6.45, 7) is 7.28. The minimum absolute atomic E-state index is 0.210. The molecular weight excluding hydrogens is 427 g/mol. The van der Waals surface area contributed by atoms with Crippen molar-refractivity contribution in [3.63, 3.8) is 0 Å². The van der Waals surface area contributed by atoms with Crippen molar-refractivity contribution in [3.05, 3.63) is 64.3 Å². The molecule has 0 spiro atoms. The summed E-state index contributed by atoms with van der Waals surface area (Å²) in [5.74, 6) is -0.505. The number of benzene rings is 1. The van der Waals surface area contributed by atoms with E-state index in [-0.39, 0.29) is 11.5 Å². The van der Waals surface area contributed by atoms with Gasteiger partial charge in [-0.15, -0.1) is 11.3 Å². The van der Waals surface area contributed by atoms with Crippen molar-refractivity contribution in [2.24, 2.45) is 0 Å². The number of anilines is 1. The molecule has 0 unspecified atom stereocenters. The van der Waals surface area contributed by atoms with Crippen LogP contribution in [0.5, 0.6) is 0 Å². The summed E-state index contributed by atoms with van der Waals surface area (Å²) in [6.07, 6.45) is 4.87. The second-order valence-corrected chi connectivity index (χ2v) is 9.04. The lowest BCUT2D eigenvalue weighted by atomic mass is 10.1. The Morgan fingerprint density at radius 2 is 2.03 bits per heavy atom. The van der Waals surface area contributed by atoms with Crippen LogP contribution in [0.1, 0.15) is 39.8 Å². The van der Waals surface area contributed by atoms with Gasteiger partial charge in [0.15, 0.2) is 0 Å². The van der Waals surface area contributed by atoms with Gasteiger partial charge >= 0.3 is 5.97 Å². The van der Waals surface area contributed by atoms with Gasteiger partial charge in [-0.25, -0.2) is 19.2 Å². The number of halogens is 1. The van der Waals surface area contributed by atoms with Gasteiger partial charge in [-0.3, -0.25) is 0 Å². The van der Waals surface area contributed by atoms with Gasteiger partial charge in [-0.2, -0.15) is 0 Å². The third-order valence-corrected chi connectivity index (χ3v) is 6.77. The molecule has 2 N–H and O–H groups in total. The van der Waals surface area contributed by atoms with Crippen molar-refractivity contribution in [3.8, 4) is 11.3 Å². The van der Waals surface area contributed by atoms with Crippen molar-refractivity contribution in [2.45, 2.75) is 40.2 Å². The molecule has 0 aliphatic carbocycles. The summed E-state index contributed by atoms with van der Waals surface area (Å²) in [7, 11) is 0. The van der Waals surface area contributed by atoms with Crippen molar-refractivity contribution >= 4 is 33.2 Å². The van der Waals surface area contributed by atoms with E-state index in [2.05, 4.69) is 22.2 Å². The molecule has 3 heterocycles. The van der Waals surface area contributed by atoms with Gasteiger partial charge in [0.05, 0.1) is 5.69 Å². The van der Waals surface area contributed by atoms with E-state index < -0.39 is 5.97 Å². The van der Waals surface area contributed by atoms with Crippen LogP contribution < -0.4 is 5.32 Å². The van der Waals surface area contributed by atoms with Crippen LogP contribution in [-0.4, -0.2) is 32.2 Å². The quantitative estimate of drug-likeness (QED) is 0.360. The first-order valence-corrected chi connectivity index (χ1v) is 11.4. The lowest BCUT2D eigenvalue weighted by Gasteiger charge is -2.07. The molecule has 0 saturated carbocycles. The second kappa shape index (κ2) is 9.08.